The van der Waals surface area contributed by atoms with E-state index in [4.69, 9.17) is 18.9 Å². The summed E-state index contributed by atoms with van der Waals surface area (Å²) in [6.45, 7) is 0.383. The number of carbonyl (C=O) groups is 1. The van der Waals surface area contributed by atoms with Gasteiger partial charge in [0.2, 0.25) is 0 Å². The van der Waals surface area contributed by atoms with Crippen LogP contribution >= 0.6 is 0 Å². The molecule has 0 saturated heterocycles. The highest BCUT2D eigenvalue weighted by molar-refractivity contribution is 5.71. The summed E-state index contributed by atoms with van der Waals surface area (Å²) in [5.74, 6) is 1.45. The van der Waals surface area contributed by atoms with Crippen LogP contribution in [0.5, 0.6) is 17.2 Å². The summed E-state index contributed by atoms with van der Waals surface area (Å²) in [4.78, 5) is 11.7. The van der Waals surface area contributed by atoms with Gasteiger partial charge in [-0.1, -0.05) is 24.3 Å². The molecular formula is C29H27F3O5. The Bertz CT molecular complexity index is 1320. The van der Waals surface area contributed by atoms with Crippen molar-refractivity contribution >= 4 is 5.97 Å². The molecule has 3 aromatic rings. The Balaban J connectivity index is 1.41. The van der Waals surface area contributed by atoms with E-state index >= 15 is 0 Å². The van der Waals surface area contributed by atoms with Gasteiger partial charge in [0.15, 0.2) is 0 Å². The lowest BCUT2D eigenvalue weighted by atomic mass is 9.91. The predicted molar refractivity (Wildman–Crippen MR) is 130 cm³/mol. The van der Waals surface area contributed by atoms with Gasteiger partial charge in [-0.2, -0.15) is 13.2 Å². The lowest BCUT2D eigenvalue weighted by molar-refractivity contribution is -0.141. The maximum absolute atomic E-state index is 14.0. The Labute approximate surface area is 213 Å². The maximum atomic E-state index is 14.0. The van der Waals surface area contributed by atoms with Crippen molar-refractivity contribution in [3.05, 3.63) is 88.0 Å². The van der Waals surface area contributed by atoms with Gasteiger partial charge >= 0.3 is 12.1 Å². The molecule has 0 bridgehead atoms. The van der Waals surface area contributed by atoms with Crippen LogP contribution in [0, 0.1) is 0 Å². The zero-order valence-electron chi connectivity index (χ0n) is 20.6. The second-order valence-corrected chi connectivity index (χ2v) is 9.32. The molecule has 2 atom stereocenters. The van der Waals surface area contributed by atoms with Gasteiger partial charge in [-0.3, -0.25) is 4.79 Å². The SMILES string of the molecule is COC(=O)CC1COc2cc(O[C@@H]3CCc4c3ccc(C(F)(F)F)c4Cc3cccc(OC)c3)ccc21. The summed E-state index contributed by atoms with van der Waals surface area (Å²) in [6.07, 6.45) is -3.38. The van der Waals surface area contributed by atoms with Gasteiger partial charge in [0, 0.05) is 17.5 Å². The average molecular weight is 513 g/mol. The minimum absolute atomic E-state index is 0.0799. The zero-order chi connectivity index (χ0) is 26.2. The Hall–Kier alpha value is -3.68. The first kappa shape index (κ1) is 25.0. The highest BCUT2D eigenvalue weighted by Crippen LogP contribution is 2.44. The van der Waals surface area contributed by atoms with E-state index in [-0.39, 0.29) is 36.4 Å². The average Bonchev–Trinajstić information content (AvgIpc) is 3.47. The maximum Gasteiger partial charge on any atom is 0.416 e. The molecule has 1 aliphatic carbocycles. The van der Waals surface area contributed by atoms with E-state index in [0.717, 1.165) is 16.7 Å². The van der Waals surface area contributed by atoms with E-state index in [9.17, 15) is 18.0 Å². The zero-order valence-corrected chi connectivity index (χ0v) is 20.6. The van der Waals surface area contributed by atoms with Crippen LogP contribution in [0.4, 0.5) is 13.2 Å². The molecule has 5 nitrogen and oxygen atoms in total. The third-order valence-electron chi connectivity index (χ3n) is 7.08. The minimum atomic E-state index is -4.46. The normalized spacial score (nSPS) is 18.1. The molecule has 0 spiro atoms. The number of esters is 1. The predicted octanol–water partition coefficient (Wildman–Crippen LogP) is 6.41. The minimum Gasteiger partial charge on any atom is -0.497 e. The van der Waals surface area contributed by atoms with Crippen molar-refractivity contribution in [3.8, 4) is 17.2 Å². The summed E-state index contributed by atoms with van der Waals surface area (Å²) < 4.78 is 64.0. The number of methoxy groups -OCH3 is 2. The summed E-state index contributed by atoms with van der Waals surface area (Å²) in [7, 11) is 2.89. The first-order valence-electron chi connectivity index (χ1n) is 12.1. The van der Waals surface area contributed by atoms with Crippen molar-refractivity contribution in [2.24, 2.45) is 0 Å². The molecule has 1 heterocycles. The van der Waals surface area contributed by atoms with Gasteiger partial charge in [-0.25, -0.2) is 0 Å². The van der Waals surface area contributed by atoms with Crippen LogP contribution in [0.1, 0.15) is 58.2 Å². The largest absolute Gasteiger partial charge is 0.497 e. The molecule has 0 aromatic heterocycles. The monoisotopic (exact) mass is 512 g/mol. The van der Waals surface area contributed by atoms with Crippen LogP contribution in [-0.2, 0) is 28.5 Å². The lowest BCUT2D eigenvalue weighted by Gasteiger charge is -2.20. The molecule has 1 aliphatic heterocycles. The number of carbonyl (C=O) groups excluding carboxylic acids is 1. The van der Waals surface area contributed by atoms with Crippen LogP contribution in [-0.4, -0.2) is 26.8 Å². The van der Waals surface area contributed by atoms with Crippen LogP contribution in [0.3, 0.4) is 0 Å². The van der Waals surface area contributed by atoms with E-state index < -0.39 is 11.7 Å². The first-order chi connectivity index (χ1) is 17.8. The van der Waals surface area contributed by atoms with Crippen LogP contribution in [0.15, 0.2) is 54.6 Å². The third-order valence-corrected chi connectivity index (χ3v) is 7.08. The Morgan fingerprint density at radius 2 is 1.84 bits per heavy atom. The van der Waals surface area contributed by atoms with Gasteiger partial charge in [0.25, 0.3) is 0 Å². The lowest BCUT2D eigenvalue weighted by Crippen LogP contribution is -2.13. The Kier molecular flexibility index (Phi) is 6.75. The molecule has 2 aliphatic rings. The molecule has 0 saturated carbocycles. The second-order valence-electron chi connectivity index (χ2n) is 9.32. The molecule has 0 radical (unpaired) electrons. The molecule has 0 amide bonds. The van der Waals surface area contributed by atoms with E-state index in [2.05, 4.69) is 0 Å². The number of ether oxygens (including phenoxy) is 4. The van der Waals surface area contributed by atoms with Crippen LogP contribution in [0.25, 0.3) is 0 Å². The number of hydrogen-bond donors (Lipinski definition) is 0. The van der Waals surface area contributed by atoms with Gasteiger partial charge in [-0.15, -0.1) is 0 Å². The fraction of sp³-hybridized carbons (Fsp3) is 0.345. The van der Waals surface area contributed by atoms with E-state index in [1.807, 2.05) is 18.2 Å². The molecule has 194 valence electrons. The summed E-state index contributed by atoms with van der Waals surface area (Å²) in [6, 6.07) is 15.3. The van der Waals surface area contributed by atoms with Gasteiger partial charge in [0.1, 0.15) is 23.4 Å². The number of halogens is 3. The summed E-state index contributed by atoms with van der Waals surface area (Å²) in [5, 5.41) is 0. The van der Waals surface area contributed by atoms with Crippen molar-refractivity contribution < 1.29 is 36.9 Å². The number of alkyl halides is 3. The van der Waals surface area contributed by atoms with Crippen molar-refractivity contribution in [1.82, 2.24) is 0 Å². The molecule has 0 fully saturated rings. The molecular weight excluding hydrogens is 485 g/mol. The van der Waals surface area contributed by atoms with Gasteiger partial charge < -0.3 is 18.9 Å². The molecule has 8 heteroatoms. The first-order valence-corrected chi connectivity index (χ1v) is 12.1. The molecule has 1 unspecified atom stereocenters. The quantitative estimate of drug-likeness (QED) is 0.343. The highest BCUT2D eigenvalue weighted by Gasteiger charge is 2.37. The standard InChI is InChI=1S/C29H27F3O5/c1-34-19-5-3-4-17(12-19)13-24-22-9-11-26(23(22)8-10-25(24)29(30,31)32)37-20-6-7-21-18(14-28(33)35-2)16-36-27(21)15-20/h3-8,10,12,15,18,26H,9,11,13-14,16H2,1-2H3/t18?,26-/m1/s1. The van der Waals surface area contributed by atoms with Crippen LogP contribution in [0.2, 0.25) is 0 Å². The number of fused-ring (bicyclic) bond motifs is 2. The Morgan fingerprint density at radius 3 is 2.59 bits per heavy atom. The summed E-state index contributed by atoms with van der Waals surface area (Å²) >= 11 is 0. The number of rotatable bonds is 7. The van der Waals surface area contributed by atoms with Crippen molar-refractivity contribution in [2.75, 3.05) is 20.8 Å². The van der Waals surface area contributed by atoms with Gasteiger partial charge in [-0.05, 0) is 65.8 Å². The topological polar surface area (TPSA) is 54.0 Å². The van der Waals surface area contributed by atoms with Crippen LogP contribution < -0.4 is 14.2 Å². The molecule has 37 heavy (non-hydrogen) atoms. The van der Waals surface area contributed by atoms with Crippen molar-refractivity contribution in [2.45, 2.75) is 43.9 Å². The van der Waals surface area contributed by atoms with Crippen molar-refractivity contribution in [3.63, 3.8) is 0 Å². The Morgan fingerprint density at radius 1 is 1.03 bits per heavy atom. The van der Waals surface area contributed by atoms with E-state index in [0.29, 0.717) is 42.3 Å². The second kappa shape index (κ2) is 10.00. The molecule has 0 N–H and O–H groups in total. The fourth-order valence-electron chi connectivity index (χ4n) is 5.26. The molecule has 3 aromatic carbocycles. The molecule has 5 rings (SSSR count). The van der Waals surface area contributed by atoms with E-state index in [1.54, 1.807) is 30.3 Å². The smallest absolute Gasteiger partial charge is 0.416 e. The highest BCUT2D eigenvalue weighted by atomic mass is 19.4. The fourth-order valence-corrected chi connectivity index (χ4v) is 5.26. The van der Waals surface area contributed by atoms with Crippen molar-refractivity contribution in [1.29, 1.82) is 0 Å². The summed E-state index contributed by atoms with van der Waals surface area (Å²) in [5.41, 5.74) is 2.80. The third kappa shape index (κ3) is 5.10. The number of hydrogen-bond acceptors (Lipinski definition) is 5. The van der Waals surface area contributed by atoms with E-state index in [1.165, 1.54) is 20.3 Å². The van der Waals surface area contributed by atoms with Gasteiger partial charge in [0.05, 0.1) is 32.8 Å². The number of benzene rings is 3.